The van der Waals surface area contributed by atoms with Crippen molar-refractivity contribution in [3.8, 4) is 11.1 Å². The standard InChI is InChI=1S/C24H24N4O3/c25-24(9-10-24)23(31)28-13-11-27(12-14-28)22(30)17-7-5-16(6-8-17)19-15-18-3-1-2-4-20(18)26-21(19)29/h1-8,15H,9-14,25H2,(H,26,29). The van der Waals surface area contributed by atoms with Crippen molar-refractivity contribution in [2.75, 3.05) is 26.2 Å². The number of carbonyl (C=O) groups excluding carboxylic acids is 2. The maximum absolute atomic E-state index is 12.9. The molecule has 1 saturated heterocycles. The van der Waals surface area contributed by atoms with Crippen molar-refractivity contribution < 1.29 is 9.59 Å². The number of piperazine rings is 1. The lowest BCUT2D eigenvalue weighted by Crippen LogP contribution is -2.55. The molecular formula is C24H24N4O3. The molecule has 2 heterocycles. The molecule has 1 saturated carbocycles. The Morgan fingerprint density at radius 1 is 0.903 bits per heavy atom. The lowest BCUT2D eigenvalue weighted by Gasteiger charge is -2.36. The van der Waals surface area contributed by atoms with E-state index in [0.717, 1.165) is 29.3 Å². The van der Waals surface area contributed by atoms with E-state index in [2.05, 4.69) is 4.98 Å². The van der Waals surface area contributed by atoms with Crippen LogP contribution in [0.5, 0.6) is 0 Å². The number of aromatic amines is 1. The summed E-state index contributed by atoms with van der Waals surface area (Å²) in [5.41, 5.74) is 7.88. The van der Waals surface area contributed by atoms with E-state index in [-0.39, 0.29) is 17.4 Å². The molecule has 1 aliphatic carbocycles. The Hall–Kier alpha value is -3.45. The number of hydrogen-bond donors (Lipinski definition) is 2. The summed E-state index contributed by atoms with van der Waals surface area (Å²) in [4.78, 5) is 44.2. The SMILES string of the molecule is NC1(C(=O)N2CCN(C(=O)c3ccc(-c4cc5ccccc5[nH]c4=O)cc3)CC2)CC1. The first-order valence-electron chi connectivity index (χ1n) is 10.5. The highest BCUT2D eigenvalue weighted by Crippen LogP contribution is 2.34. The largest absolute Gasteiger partial charge is 0.338 e. The van der Waals surface area contributed by atoms with Crippen LogP contribution in [0.25, 0.3) is 22.0 Å². The van der Waals surface area contributed by atoms with Crippen LogP contribution in [0.3, 0.4) is 0 Å². The molecule has 1 aliphatic heterocycles. The number of carbonyl (C=O) groups is 2. The van der Waals surface area contributed by atoms with Gasteiger partial charge in [-0.15, -0.1) is 0 Å². The molecule has 7 heteroatoms. The van der Waals surface area contributed by atoms with Crippen LogP contribution in [0.2, 0.25) is 0 Å². The fraction of sp³-hybridized carbons (Fsp3) is 0.292. The molecule has 0 bridgehead atoms. The zero-order valence-electron chi connectivity index (χ0n) is 17.1. The molecule has 1 aromatic heterocycles. The van der Waals surface area contributed by atoms with E-state index in [1.807, 2.05) is 30.3 Å². The van der Waals surface area contributed by atoms with Gasteiger partial charge in [0.2, 0.25) is 5.91 Å². The van der Waals surface area contributed by atoms with Gasteiger partial charge >= 0.3 is 0 Å². The summed E-state index contributed by atoms with van der Waals surface area (Å²) >= 11 is 0. The predicted molar refractivity (Wildman–Crippen MR) is 119 cm³/mol. The lowest BCUT2D eigenvalue weighted by molar-refractivity contribution is -0.135. The molecule has 7 nitrogen and oxygen atoms in total. The van der Waals surface area contributed by atoms with Crippen LogP contribution in [0.4, 0.5) is 0 Å². The molecule has 2 aromatic carbocycles. The maximum Gasteiger partial charge on any atom is 0.256 e. The van der Waals surface area contributed by atoms with Crippen molar-refractivity contribution in [1.82, 2.24) is 14.8 Å². The minimum absolute atomic E-state index is 0.00422. The maximum atomic E-state index is 12.9. The Balaban J connectivity index is 1.29. The second-order valence-electron chi connectivity index (χ2n) is 8.42. The summed E-state index contributed by atoms with van der Waals surface area (Å²) in [7, 11) is 0. The molecule has 2 fully saturated rings. The first-order chi connectivity index (χ1) is 14.9. The zero-order valence-corrected chi connectivity index (χ0v) is 17.1. The first-order valence-corrected chi connectivity index (χ1v) is 10.5. The predicted octanol–water partition coefficient (Wildman–Crippen LogP) is 1.97. The summed E-state index contributed by atoms with van der Waals surface area (Å²) in [5, 5.41) is 0.954. The highest BCUT2D eigenvalue weighted by atomic mass is 16.2. The fourth-order valence-electron chi connectivity index (χ4n) is 4.11. The third kappa shape index (κ3) is 3.61. The van der Waals surface area contributed by atoms with Gasteiger partial charge in [-0.25, -0.2) is 0 Å². The smallest absolute Gasteiger partial charge is 0.256 e. The second-order valence-corrected chi connectivity index (χ2v) is 8.42. The molecule has 158 valence electrons. The van der Waals surface area contributed by atoms with E-state index in [1.54, 1.807) is 34.1 Å². The van der Waals surface area contributed by atoms with E-state index in [4.69, 9.17) is 5.73 Å². The topological polar surface area (TPSA) is 99.5 Å². The first kappa shape index (κ1) is 19.5. The molecule has 0 spiro atoms. The van der Waals surface area contributed by atoms with Gasteiger partial charge in [0.05, 0.1) is 5.54 Å². The number of aromatic nitrogens is 1. The van der Waals surface area contributed by atoms with Gasteiger partial charge in [-0.1, -0.05) is 30.3 Å². The van der Waals surface area contributed by atoms with Crippen LogP contribution < -0.4 is 11.3 Å². The number of hydrogen-bond acceptors (Lipinski definition) is 4. The van der Waals surface area contributed by atoms with Gasteiger partial charge in [0.25, 0.3) is 11.5 Å². The summed E-state index contributed by atoms with van der Waals surface area (Å²) in [5.74, 6) is -0.0653. The van der Waals surface area contributed by atoms with Gasteiger partial charge < -0.3 is 20.5 Å². The fourth-order valence-corrected chi connectivity index (χ4v) is 4.11. The van der Waals surface area contributed by atoms with Crippen molar-refractivity contribution in [1.29, 1.82) is 0 Å². The van der Waals surface area contributed by atoms with Gasteiger partial charge in [0, 0.05) is 42.8 Å². The summed E-state index contributed by atoms with van der Waals surface area (Å²) in [6.07, 6.45) is 1.49. The number of amides is 2. The van der Waals surface area contributed by atoms with Crippen LogP contribution >= 0.6 is 0 Å². The molecule has 2 amide bonds. The number of nitrogens with two attached hydrogens (primary N) is 1. The van der Waals surface area contributed by atoms with E-state index in [0.29, 0.717) is 37.3 Å². The number of H-pyrrole nitrogens is 1. The molecule has 31 heavy (non-hydrogen) atoms. The van der Waals surface area contributed by atoms with E-state index >= 15 is 0 Å². The molecule has 0 atom stereocenters. The Morgan fingerprint density at radius 2 is 1.55 bits per heavy atom. The van der Waals surface area contributed by atoms with Crippen molar-refractivity contribution in [2.45, 2.75) is 18.4 Å². The number of nitrogens with zero attached hydrogens (tertiary/aromatic N) is 2. The minimum atomic E-state index is -0.664. The van der Waals surface area contributed by atoms with E-state index < -0.39 is 5.54 Å². The highest BCUT2D eigenvalue weighted by molar-refractivity contribution is 5.95. The summed E-state index contributed by atoms with van der Waals surface area (Å²) in [6.45, 7) is 2.00. The quantitative estimate of drug-likeness (QED) is 0.682. The van der Waals surface area contributed by atoms with Crippen molar-refractivity contribution in [3.63, 3.8) is 0 Å². The van der Waals surface area contributed by atoms with Crippen molar-refractivity contribution in [2.24, 2.45) is 5.73 Å². The second kappa shape index (κ2) is 7.35. The Kier molecular flexibility index (Phi) is 4.63. The van der Waals surface area contributed by atoms with Gasteiger partial charge in [-0.3, -0.25) is 14.4 Å². The monoisotopic (exact) mass is 416 g/mol. The van der Waals surface area contributed by atoms with E-state index in [1.165, 1.54) is 0 Å². The van der Waals surface area contributed by atoms with Crippen molar-refractivity contribution in [3.05, 3.63) is 70.5 Å². The normalized spacial score (nSPS) is 17.6. The van der Waals surface area contributed by atoms with Crippen molar-refractivity contribution >= 4 is 22.7 Å². The number of para-hydroxylation sites is 1. The third-order valence-corrected chi connectivity index (χ3v) is 6.27. The van der Waals surface area contributed by atoms with Gasteiger partial charge in [-0.2, -0.15) is 0 Å². The molecular weight excluding hydrogens is 392 g/mol. The number of fused-ring (bicyclic) bond motifs is 1. The van der Waals surface area contributed by atoms with E-state index in [9.17, 15) is 14.4 Å². The van der Waals surface area contributed by atoms with Gasteiger partial charge in [0.1, 0.15) is 0 Å². The number of nitrogens with one attached hydrogen (secondary N) is 1. The van der Waals surface area contributed by atoms with Gasteiger partial charge in [0.15, 0.2) is 0 Å². The van der Waals surface area contributed by atoms with Crippen LogP contribution in [-0.4, -0.2) is 58.3 Å². The Labute approximate surface area is 179 Å². The molecule has 0 unspecified atom stereocenters. The number of rotatable bonds is 3. The zero-order chi connectivity index (χ0) is 21.6. The highest BCUT2D eigenvalue weighted by Gasteiger charge is 2.48. The molecule has 3 aromatic rings. The van der Waals surface area contributed by atoms with Crippen LogP contribution in [0.1, 0.15) is 23.2 Å². The minimum Gasteiger partial charge on any atom is -0.338 e. The van der Waals surface area contributed by atoms with Crippen LogP contribution in [0, 0.1) is 0 Å². The molecule has 3 N–H and O–H groups in total. The molecule has 5 rings (SSSR count). The molecule has 0 radical (unpaired) electrons. The van der Waals surface area contributed by atoms with Crippen LogP contribution in [0.15, 0.2) is 59.4 Å². The Bertz CT molecular complexity index is 1220. The average molecular weight is 416 g/mol. The van der Waals surface area contributed by atoms with Gasteiger partial charge in [-0.05, 0) is 48.1 Å². The lowest BCUT2D eigenvalue weighted by atomic mass is 10.0. The number of pyridine rings is 1. The Morgan fingerprint density at radius 3 is 2.23 bits per heavy atom. The van der Waals surface area contributed by atoms with Crippen LogP contribution in [-0.2, 0) is 4.79 Å². The molecule has 2 aliphatic rings. The third-order valence-electron chi connectivity index (χ3n) is 6.27. The average Bonchev–Trinajstić information content (AvgIpc) is 3.56. The number of benzene rings is 2. The summed E-state index contributed by atoms with van der Waals surface area (Å²) in [6, 6.07) is 16.6. The summed E-state index contributed by atoms with van der Waals surface area (Å²) < 4.78 is 0.